The summed E-state index contributed by atoms with van der Waals surface area (Å²) in [5.41, 5.74) is 0.687. The lowest BCUT2D eigenvalue weighted by molar-refractivity contribution is -0.147. The van der Waals surface area contributed by atoms with Crippen LogP contribution >= 0.6 is 23.2 Å². The van der Waals surface area contributed by atoms with Gasteiger partial charge in [-0.3, -0.25) is 4.90 Å². The number of halogens is 2. The van der Waals surface area contributed by atoms with Gasteiger partial charge in [-0.15, -0.1) is 0 Å². The highest BCUT2D eigenvalue weighted by Crippen LogP contribution is 2.29. The molecule has 0 bridgehead atoms. The molecule has 118 valence electrons. The molecule has 0 spiro atoms. The molecule has 22 heavy (non-hydrogen) atoms. The summed E-state index contributed by atoms with van der Waals surface area (Å²) in [6.45, 7) is 2.17. The minimum absolute atomic E-state index is 0.355. The Morgan fingerprint density at radius 3 is 2.68 bits per heavy atom. The van der Waals surface area contributed by atoms with Crippen LogP contribution in [-0.2, 0) is 16.1 Å². The van der Waals surface area contributed by atoms with Crippen LogP contribution < -0.4 is 0 Å². The number of hydrogen-bond donors (Lipinski definition) is 0. The third-order valence-corrected chi connectivity index (χ3v) is 3.92. The molecule has 0 aliphatic heterocycles. The molecule has 0 saturated heterocycles. The zero-order valence-electron chi connectivity index (χ0n) is 12.5. The number of benzene rings is 1. The van der Waals surface area contributed by atoms with E-state index in [0.717, 1.165) is 0 Å². The van der Waals surface area contributed by atoms with E-state index in [4.69, 9.17) is 32.4 Å². The highest BCUT2D eigenvalue weighted by molar-refractivity contribution is 6.42. The maximum atomic E-state index is 12.2. The van der Waals surface area contributed by atoms with Crippen molar-refractivity contribution in [3.63, 3.8) is 0 Å². The zero-order valence-corrected chi connectivity index (χ0v) is 14.0. The molecule has 1 heterocycles. The molecule has 0 aliphatic rings. The van der Waals surface area contributed by atoms with E-state index in [2.05, 4.69) is 4.98 Å². The Balaban J connectivity index is 2.28. The first-order valence-corrected chi connectivity index (χ1v) is 7.32. The molecule has 0 fully saturated rings. The van der Waals surface area contributed by atoms with E-state index in [0.29, 0.717) is 33.8 Å². The molecule has 2 aromatic rings. The van der Waals surface area contributed by atoms with Crippen LogP contribution in [0.25, 0.3) is 0 Å². The van der Waals surface area contributed by atoms with Crippen molar-refractivity contribution < 1.29 is 13.9 Å². The minimum atomic E-state index is -0.632. The first-order chi connectivity index (χ1) is 10.4. The Morgan fingerprint density at radius 1 is 1.41 bits per heavy atom. The standard InChI is InChI=1S/C15H16Cl2N2O3/c1-9-7-18-13(22-9)8-19(2)14(15(20)21-3)10-4-5-11(16)12(17)6-10/h4-7,14H,8H2,1-3H3/t14-/m1/s1. The van der Waals surface area contributed by atoms with E-state index in [-0.39, 0.29) is 0 Å². The smallest absolute Gasteiger partial charge is 0.327 e. The molecule has 0 radical (unpaired) electrons. The number of rotatable bonds is 5. The van der Waals surface area contributed by atoms with Crippen molar-refractivity contribution >= 4 is 29.2 Å². The highest BCUT2D eigenvalue weighted by atomic mass is 35.5. The molecule has 0 aliphatic carbocycles. The average molecular weight is 343 g/mol. The second-order valence-corrected chi connectivity index (χ2v) is 5.69. The lowest BCUT2D eigenvalue weighted by Gasteiger charge is -2.25. The average Bonchev–Trinajstić information content (AvgIpc) is 2.88. The Hall–Kier alpha value is -1.56. The van der Waals surface area contributed by atoms with Crippen LogP contribution in [0.3, 0.4) is 0 Å². The van der Waals surface area contributed by atoms with Crippen LogP contribution in [0, 0.1) is 6.92 Å². The number of oxazole rings is 1. The van der Waals surface area contributed by atoms with Crippen LogP contribution in [0.2, 0.25) is 10.0 Å². The maximum Gasteiger partial charge on any atom is 0.327 e. The molecule has 7 heteroatoms. The number of hydrogen-bond acceptors (Lipinski definition) is 5. The van der Waals surface area contributed by atoms with Crippen molar-refractivity contribution in [3.8, 4) is 0 Å². The summed E-state index contributed by atoms with van der Waals surface area (Å²) < 4.78 is 10.3. The normalized spacial score (nSPS) is 12.5. The van der Waals surface area contributed by atoms with Crippen molar-refractivity contribution in [2.24, 2.45) is 0 Å². The molecule has 0 amide bonds. The van der Waals surface area contributed by atoms with Gasteiger partial charge in [0.05, 0.1) is 29.9 Å². The van der Waals surface area contributed by atoms with Gasteiger partial charge in [0.25, 0.3) is 0 Å². The quantitative estimate of drug-likeness (QED) is 0.776. The Bertz CT molecular complexity index is 673. The van der Waals surface area contributed by atoms with E-state index in [1.165, 1.54) is 7.11 Å². The maximum absolute atomic E-state index is 12.2. The molecule has 0 saturated carbocycles. The van der Waals surface area contributed by atoms with E-state index < -0.39 is 12.0 Å². The molecule has 1 aromatic carbocycles. The van der Waals surface area contributed by atoms with Gasteiger partial charge in [0.15, 0.2) is 0 Å². The van der Waals surface area contributed by atoms with Crippen molar-refractivity contribution in [3.05, 3.63) is 51.7 Å². The molecular formula is C15H16Cl2N2O3. The summed E-state index contributed by atoms with van der Waals surface area (Å²) in [7, 11) is 3.12. The molecule has 1 aromatic heterocycles. The number of nitrogens with zero attached hydrogens (tertiary/aromatic N) is 2. The third-order valence-electron chi connectivity index (χ3n) is 3.18. The molecule has 2 rings (SSSR count). The van der Waals surface area contributed by atoms with Gasteiger partial charge in [-0.25, -0.2) is 9.78 Å². The number of aryl methyl sites for hydroxylation is 1. The van der Waals surface area contributed by atoms with Gasteiger partial charge in [0, 0.05) is 0 Å². The minimum Gasteiger partial charge on any atom is -0.468 e. The number of methoxy groups -OCH3 is 1. The molecule has 5 nitrogen and oxygen atoms in total. The highest BCUT2D eigenvalue weighted by Gasteiger charge is 2.27. The molecule has 0 N–H and O–H groups in total. The number of esters is 1. The van der Waals surface area contributed by atoms with Crippen LogP contribution in [0.5, 0.6) is 0 Å². The lowest BCUT2D eigenvalue weighted by atomic mass is 10.1. The summed E-state index contributed by atoms with van der Waals surface area (Å²) in [5.74, 6) is 0.839. The SMILES string of the molecule is COC(=O)[C@@H](c1ccc(Cl)c(Cl)c1)N(C)Cc1ncc(C)o1. The predicted octanol–water partition coefficient (Wildman–Crippen LogP) is 3.64. The van der Waals surface area contributed by atoms with E-state index in [1.807, 2.05) is 6.92 Å². The third kappa shape index (κ3) is 3.80. The van der Waals surface area contributed by atoms with Gasteiger partial charge < -0.3 is 9.15 Å². The van der Waals surface area contributed by atoms with E-state index in [9.17, 15) is 4.79 Å². The second kappa shape index (κ2) is 7.13. The summed E-state index contributed by atoms with van der Waals surface area (Å²) in [6, 6.07) is 4.42. The summed E-state index contributed by atoms with van der Waals surface area (Å²) in [5, 5.41) is 0.813. The van der Waals surface area contributed by atoms with Crippen molar-refractivity contribution in [2.45, 2.75) is 19.5 Å². The molecule has 1 atom stereocenters. The number of carbonyl (C=O) groups is 1. The summed E-state index contributed by atoms with van der Waals surface area (Å²) in [6.07, 6.45) is 1.63. The van der Waals surface area contributed by atoms with Gasteiger partial charge in [-0.2, -0.15) is 0 Å². The van der Waals surface area contributed by atoms with Crippen molar-refractivity contribution in [2.75, 3.05) is 14.2 Å². The second-order valence-electron chi connectivity index (χ2n) is 4.88. The fourth-order valence-electron chi connectivity index (χ4n) is 2.14. The van der Waals surface area contributed by atoms with Gasteiger partial charge >= 0.3 is 5.97 Å². The number of ether oxygens (including phenoxy) is 1. The largest absolute Gasteiger partial charge is 0.468 e. The predicted molar refractivity (Wildman–Crippen MR) is 83.9 cm³/mol. The number of aromatic nitrogens is 1. The van der Waals surface area contributed by atoms with Gasteiger partial charge in [-0.1, -0.05) is 29.3 Å². The summed E-state index contributed by atoms with van der Waals surface area (Å²) in [4.78, 5) is 18.1. The van der Waals surface area contributed by atoms with Gasteiger partial charge in [-0.05, 0) is 31.7 Å². The lowest BCUT2D eigenvalue weighted by Crippen LogP contribution is -2.31. The van der Waals surface area contributed by atoms with Crippen molar-refractivity contribution in [1.29, 1.82) is 0 Å². The Morgan fingerprint density at radius 2 is 2.14 bits per heavy atom. The number of carbonyl (C=O) groups excluding carboxylic acids is 1. The topological polar surface area (TPSA) is 55.6 Å². The number of likely N-dealkylation sites (N-methyl/N-ethyl adjacent to an activating group) is 1. The van der Waals surface area contributed by atoms with E-state index in [1.54, 1.807) is 36.3 Å². The Kier molecular flexibility index (Phi) is 5.45. The monoisotopic (exact) mass is 342 g/mol. The molecule has 0 unspecified atom stereocenters. The van der Waals surface area contributed by atoms with Gasteiger partial charge in [0.1, 0.15) is 11.8 Å². The van der Waals surface area contributed by atoms with Crippen molar-refractivity contribution in [1.82, 2.24) is 9.88 Å². The van der Waals surface area contributed by atoms with Crippen LogP contribution in [0.4, 0.5) is 0 Å². The zero-order chi connectivity index (χ0) is 16.3. The van der Waals surface area contributed by atoms with Crippen LogP contribution in [0.1, 0.15) is 23.3 Å². The van der Waals surface area contributed by atoms with Gasteiger partial charge in [0.2, 0.25) is 5.89 Å². The first kappa shape index (κ1) is 16.8. The Labute approximate surface area is 138 Å². The van der Waals surface area contributed by atoms with E-state index >= 15 is 0 Å². The fourth-order valence-corrected chi connectivity index (χ4v) is 2.45. The first-order valence-electron chi connectivity index (χ1n) is 6.56. The fraction of sp³-hybridized carbons (Fsp3) is 0.333. The van der Waals surface area contributed by atoms with Crippen LogP contribution in [0.15, 0.2) is 28.8 Å². The van der Waals surface area contributed by atoms with Crippen LogP contribution in [-0.4, -0.2) is 30.0 Å². The molecular weight excluding hydrogens is 327 g/mol. The summed E-state index contributed by atoms with van der Waals surface area (Å²) >= 11 is 12.0.